The van der Waals surface area contributed by atoms with Crippen molar-refractivity contribution in [3.8, 4) is 11.4 Å². The molecule has 2 aromatic rings. The van der Waals surface area contributed by atoms with E-state index in [1.54, 1.807) is 0 Å². The summed E-state index contributed by atoms with van der Waals surface area (Å²) in [6, 6.07) is 6.04. The van der Waals surface area contributed by atoms with Gasteiger partial charge in [0.2, 0.25) is 0 Å². The Bertz CT molecular complexity index is 1130. The Balaban J connectivity index is 1.30. The van der Waals surface area contributed by atoms with Crippen LogP contribution in [0.25, 0.3) is 11.4 Å². The van der Waals surface area contributed by atoms with Gasteiger partial charge in [0.1, 0.15) is 5.71 Å². The number of H-pyrrole nitrogens is 1. The van der Waals surface area contributed by atoms with E-state index < -0.39 is 5.79 Å². The van der Waals surface area contributed by atoms with Crippen LogP contribution in [0.4, 0.5) is 11.4 Å². The van der Waals surface area contributed by atoms with Crippen LogP contribution >= 0.6 is 0 Å². The summed E-state index contributed by atoms with van der Waals surface area (Å²) in [6.07, 6.45) is 7.32. The van der Waals surface area contributed by atoms with E-state index in [4.69, 9.17) is 20.4 Å². The van der Waals surface area contributed by atoms with Crippen LogP contribution < -0.4 is 16.0 Å². The van der Waals surface area contributed by atoms with Crippen molar-refractivity contribution in [2.45, 2.75) is 45.3 Å². The predicted octanol–water partition coefficient (Wildman–Crippen LogP) is 2.74. The summed E-state index contributed by atoms with van der Waals surface area (Å²) in [6.45, 7) is 9.39. The third-order valence-electron chi connectivity index (χ3n) is 7.86. The molecule has 1 unspecified atom stereocenters. The number of benzene rings is 1. The minimum atomic E-state index is -0.538. The van der Waals surface area contributed by atoms with E-state index in [1.165, 1.54) is 25.7 Å². The molecule has 3 fully saturated rings. The lowest BCUT2D eigenvalue weighted by atomic mass is 9.93. The standard InChI is InChI=1S/C25H34N8O/c1-17-15-20(29-24(2,28-17)33-11-13-34-14-12-33)23-27-22(30-31-23)19-4-3-18(26)16-21(19)32-9-7-25(5-6-25)8-10-32/h3-4,15-16,28H,5-14,26H2,1-2H3,(H,27,30,31). The van der Waals surface area contributed by atoms with E-state index in [-0.39, 0.29) is 0 Å². The Morgan fingerprint density at radius 2 is 1.82 bits per heavy atom. The van der Waals surface area contributed by atoms with Crippen LogP contribution in [0.15, 0.2) is 35.0 Å². The molecule has 1 saturated carbocycles. The van der Waals surface area contributed by atoms with Gasteiger partial charge < -0.3 is 20.7 Å². The number of allylic oxidation sites excluding steroid dienone is 2. The van der Waals surface area contributed by atoms with E-state index in [1.807, 2.05) is 18.2 Å². The highest BCUT2D eigenvalue weighted by Gasteiger charge is 2.44. The van der Waals surface area contributed by atoms with Crippen LogP contribution in [-0.2, 0) is 4.74 Å². The summed E-state index contributed by atoms with van der Waals surface area (Å²) >= 11 is 0. The van der Waals surface area contributed by atoms with Crippen LogP contribution in [-0.4, -0.2) is 71.0 Å². The van der Waals surface area contributed by atoms with Gasteiger partial charge >= 0.3 is 0 Å². The van der Waals surface area contributed by atoms with Crippen molar-refractivity contribution in [1.29, 1.82) is 0 Å². The smallest absolute Gasteiger partial charge is 0.185 e. The zero-order valence-electron chi connectivity index (χ0n) is 20.1. The average Bonchev–Trinajstić information content (AvgIpc) is 3.40. The van der Waals surface area contributed by atoms with Gasteiger partial charge in [0.15, 0.2) is 17.4 Å². The molecule has 3 aliphatic heterocycles. The number of aromatic amines is 1. The number of hydrogen-bond donors (Lipinski definition) is 3. The Morgan fingerprint density at radius 3 is 2.56 bits per heavy atom. The quantitative estimate of drug-likeness (QED) is 0.600. The summed E-state index contributed by atoms with van der Waals surface area (Å²) in [5.74, 6) is 0.815. The van der Waals surface area contributed by atoms with Crippen LogP contribution in [0.1, 0.15) is 45.4 Å². The van der Waals surface area contributed by atoms with Crippen LogP contribution in [0.3, 0.4) is 0 Å². The number of nitrogen functional groups attached to an aromatic ring is 1. The fraction of sp³-hybridized carbons (Fsp3) is 0.560. The normalized spacial score (nSPS) is 26.7. The van der Waals surface area contributed by atoms with Gasteiger partial charge in [-0.3, -0.25) is 10.00 Å². The minimum absolute atomic E-state index is 0.538. The first-order chi connectivity index (χ1) is 16.4. The number of morpholine rings is 1. The fourth-order valence-electron chi connectivity index (χ4n) is 5.57. The van der Waals surface area contributed by atoms with Gasteiger partial charge in [0.05, 0.1) is 13.2 Å². The molecule has 0 amide bonds. The third kappa shape index (κ3) is 3.96. The number of anilines is 2. The molecule has 0 bridgehead atoms. The summed E-state index contributed by atoms with van der Waals surface area (Å²) in [5, 5.41) is 11.3. The molecule has 1 aromatic heterocycles. The molecule has 6 rings (SSSR count). The summed E-state index contributed by atoms with van der Waals surface area (Å²) in [5.41, 5.74) is 11.6. The maximum absolute atomic E-state index is 6.19. The number of aliphatic imine (C=N–C) groups is 1. The molecule has 0 radical (unpaired) electrons. The van der Waals surface area contributed by atoms with Crippen LogP contribution in [0, 0.1) is 5.41 Å². The van der Waals surface area contributed by atoms with Crippen molar-refractivity contribution in [3.63, 3.8) is 0 Å². The van der Waals surface area contributed by atoms with Gasteiger partial charge in [-0.2, -0.15) is 5.10 Å². The Labute approximate surface area is 200 Å². The molecule has 9 heteroatoms. The zero-order chi connectivity index (χ0) is 23.3. The highest BCUT2D eigenvalue weighted by atomic mass is 16.5. The average molecular weight is 463 g/mol. The molecule has 1 atom stereocenters. The Kier molecular flexibility index (Phi) is 5.14. The fourth-order valence-corrected chi connectivity index (χ4v) is 5.57. The monoisotopic (exact) mass is 462 g/mol. The number of nitrogens with zero attached hydrogens (tertiary/aromatic N) is 5. The number of ether oxygens (including phenoxy) is 1. The van der Waals surface area contributed by atoms with Crippen molar-refractivity contribution in [2.75, 3.05) is 50.0 Å². The molecular weight excluding hydrogens is 428 g/mol. The van der Waals surface area contributed by atoms with Crippen molar-refractivity contribution < 1.29 is 4.74 Å². The first-order valence-corrected chi connectivity index (χ1v) is 12.4. The molecule has 4 heterocycles. The SMILES string of the molecule is CC1=CC(c2nc(-c3ccc(N)cc3N3CCC4(CC3)CC4)n[nH]2)=NC(C)(N2CCOCC2)N1. The molecule has 4 aliphatic rings. The van der Waals surface area contributed by atoms with Crippen molar-refractivity contribution in [2.24, 2.45) is 10.4 Å². The lowest BCUT2D eigenvalue weighted by Gasteiger charge is -2.43. The van der Waals surface area contributed by atoms with Gasteiger partial charge in [-0.05, 0) is 69.2 Å². The molecular formula is C25H34N8O. The van der Waals surface area contributed by atoms with Crippen molar-refractivity contribution in [1.82, 2.24) is 25.4 Å². The zero-order valence-corrected chi connectivity index (χ0v) is 20.1. The second-order valence-corrected chi connectivity index (χ2v) is 10.3. The molecule has 180 valence electrons. The second-order valence-electron chi connectivity index (χ2n) is 10.3. The van der Waals surface area contributed by atoms with E-state index >= 15 is 0 Å². The maximum atomic E-state index is 6.19. The van der Waals surface area contributed by atoms with E-state index in [0.717, 1.165) is 67.7 Å². The first kappa shape index (κ1) is 21.6. The number of nitrogens with two attached hydrogens (primary N) is 1. The highest BCUT2D eigenvalue weighted by molar-refractivity contribution is 6.07. The molecule has 1 spiro atoms. The number of rotatable bonds is 4. The third-order valence-corrected chi connectivity index (χ3v) is 7.86. The van der Waals surface area contributed by atoms with Gasteiger partial charge in [0.25, 0.3) is 0 Å². The summed E-state index contributed by atoms with van der Waals surface area (Å²) in [4.78, 5) is 14.7. The van der Waals surface area contributed by atoms with Gasteiger partial charge in [-0.25, -0.2) is 9.98 Å². The van der Waals surface area contributed by atoms with Gasteiger partial charge in [-0.15, -0.1) is 0 Å². The first-order valence-electron chi connectivity index (χ1n) is 12.4. The number of nitrogens with one attached hydrogen (secondary N) is 2. The molecule has 2 saturated heterocycles. The Morgan fingerprint density at radius 1 is 1.06 bits per heavy atom. The van der Waals surface area contributed by atoms with Gasteiger partial charge in [0, 0.05) is 48.8 Å². The summed E-state index contributed by atoms with van der Waals surface area (Å²) in [7, 11) is 0. The number of aromatic nitrogens is 3. The Hall–Kier alpha value is -2.91. The summed E-state index contributed by atoms with van der Waals surface area (Å²) < 4.78 is 5.54. The van der Waals surface area contributed by atoms with Gasteiger partial charge in [-0.1, -0.05) is 0 Å². The molecule has 1 aliphatic carbocycles. The maximum Gasteiger partial charge on any atom is 0.185 e. The lowest BCUT2D eigenvalue weighted by Crippen LogP contribution is -2.59. The van der Waals surface area contributed by atoms with Crippen LogP contribution in [0.5, 0.6) is 0 Å². The van der Waals surface area contributed by atoms with Crippen molar-refractivity contribution in [3.05, 3.63) is 35.8 Å². The van der Waals surface area contributed by atoms with E-state index in [0.29, 0.717) is 17.1 Å². The topological polar surface area (TPSA) is 108 Å². The largest absolute Gasteiger partial charge is 0.399 e. The molecule has 9 nitrogen and oxygen atoms in total. The number of hydrogen-bond acceptors (Lipinski definition) is 8. The minimum Gasteiger partial charge on any atom is -0.399 e. The molecule has 4 N–H and O–H groups in total. The van der Waals surface area contributed by atoms with Crippen molar-refractivity contribution >= 4 is 17.1 Å². The van der Waals surface area contributed by atoms with E-state index in [9.17, 15) is 0 Å². The second kappa shape index (κ2) is 8.09. The number of piperidine rings is 1. The van der Waals surface area contributed by atoms with Crippen LogP contribution in [0.2, 0.25) is 0 Å². The molecule has 34 heavy (non-hydrogen) atoms. The van der Waals surface area contributed by atoms with E-state index in [2.05, 4.69) is 45.2 Å². The highest BCUT2D eigenvalue weighted by Crippen LogP contribution is 2.54. The molecule has 1 aromatic carbocycles. The predicted molar refractivity (Wildman–Crippen MR) is 134 cm³/mol. The lowest BCUT2D eigenvalue weighted by molar-refractivity contribution is -0.0228.